The molecule has 0 amide bonds. The van der Waals surface area contributed by atoms with E-state index in [4.69, 9.17) is 5.11 Å². The zero-order chi connectivity index (χ0) is 15.7. The van der Waals surface area contributed by atoms with Crippen molar-refractivity contribution in [2.24, 2.45) is 0 Å². The minimum absolute atomic E-state index is 0.130. The monoisotopic (exact) mass is 284 g/mol. The second-order valence-corrected chi connectivity index (χ2v) is 5.13. The fourth-order valence-corrected chi connectivity index (χ4v) is 2.39. The summed E-state index contributed by atoms with van der Waals surface area (Å²) in [6.45, 7) is 3.80. The molecule has 0 saturated carbocycles. The van der Waals surface area contributed by atoms with E-state index in [9.17, 15) is 15.2 Å². The predicted octanol–water partition coefficient (Wildman–Crippen LogP) is 2.57. The van der Waals surface area contributed by atoms with E-state index in [0.29, 0.717) is 5.56 Å². The van der Waals surface area contributed by atoms with Crippen molar-refractivity contribution in [3.63, 3.8) is 0 Å². The van der Waals surface area contributed by atoms with Gasteiger partial charge in [-0.2, -0.15) is 5.26 Å². The number of nitrogens with zero attached hydrogens (tertiary/aromatic N) is 2. The molecule has 1 aromatic rings. The molecular weight excluding hydrogens is 268 g/mol. The molecule has 1 atom stereocenters. The van der Waals surface area contributed by atoms with Crippen molar-refractivity contribution in [2.75, 3.05) is 7.05 Å². The lowest BCUT2D eigenvalue weighted by atomic mass is 9.93. The number of aliphatic carboxylic acids is 1. The van der Waals surface area contributed by atoms with Gasteiger partial charge in [-0.25, -0.2) is 4.79 Å². The molecule has 1 unspecified atom stereocenters. The lowest BCUT2D eigenvalue weighted by Crippen LogP contribution is -2.24. The molecule has 1 heterocycles. The van der Waals surface area contributed by atoms with Crippen LogP contribution in [0.3, 0.4) is 0 Å². The maximum atomic E-state index is 11.2. The third-order valence-corrected chi connectivity index (χ3v) is 3.75. The molecule has 1 aliphatic heterocycles. The Hall–Kier alpha value is -2.74. The van der Waals surface area contributed by atoms with Crippen LogP contribution >= 0.6 is 0 Å². The van der Waals surface area contributed by atoms with Crippen LogP contribution in [0, 0.1) is 25.2 Å². The number of benzene rings is 1. The summed E-state index contributed by atoms with van der Waals surface area (Å²) in [5.74, 6) is -1.45. The summed E-state index contributed by atoms with van der Waals surface area (Å²) < 4.78 is 0. The summed E-state index contributed by atoms with van der Waals surface area (Å²) in [7, 11) is 1.75. The van der Waals surface area contributed by atoms with Crippen molar-refractivity contribution in [1.29, 1.82) is 5.26 Å². The Morgan fingerprint density at radius 1 is 1.38 bits per heavy atom. The highest BCUT2D eigenvalue weighted by molar-refractivity contribution is 5.91. The average Bonchev–Trinajstić information content (AvgIpc) is 2.41. The average molecular weight is 284 g/mol. The molecule has 2 N–H and O–H groups in total. The van der Waals surface area contributed by atoms with E-state index in [2.05, 4.69) is 6.07 Å². The van der Waals surface area contributed by atoms with Crippen molar-refractivity contribution in [1.82, 2.24) is 4.90 Å². The highest BCUT2D eigenvalue weighted by Crippen LogP contribution is 2.31. The van der Waals surface area contributed by atoms with Crippen molar-refractivity contribution in [3.05, 3.63) is 58.0 Å². The molecule has 1 aromatic carbocycles. The van der Waals surface area contributed by atoms with Crippen LogP contribution in [0.15, 0.2) is 35.7 Å². The third-order valence-electron chi connectivity index (χ3n) is 3.75. The minimum Gasteiger partial charge on any atom is -0.506 e. The molecule has 0 aromatic heterocycles. The first-order valence-corrected chi connectivity index (χ1v) is 6.44. The fraction of sp³-hybridized carbons (Fsp3) is 0.250. The summed E-state index contributed by atoms with van der Waals surface area (Å²) in [5.41, 5.74) is 3.15. The van der Waals surface area contributed by atoms with Crippen LogP contribution in [0.5, 0.6) is 0 Å². The fourth-order valence-electron chi connectivity index (χ4n) is 2.39. The van der Waals surface area contributed by atoms with Gasteiger partial charge in [0.15, 0.2) is 0 Å². The lowest BCUT2D eigenvalue weighted by Gasteiger charge is -2.29. The zero-order valence-electron chi connectivity index (χ0n) is 12.1. The lowest BCUT2D eigenvalue weighted by molar-refractivity contribution is -0.132. The second-order valence-electron chi connectivity index (χ2n) is 5.13. The zero-order valence-corrected chi connectivity index (χ0v) is 12.1. The van der Waals surface area contributed by atoms with E-state index in [-0.39, 0.29) is 17.4 Å². The van der Waals surface area contributed by atoms with Crippen molar-refractivity contribution >= 4 is 5.97 Å². The first-order valence-electron chi connectivity index (χ1n) is 6.44. The van der Waals surface area contributed by atoms with E-state index in [1.807, 2.05) is 19.9 Å². The van der Waals surface area contributed by atoms with Gasteiger partial charge < -0.3 is 15.1 Å². The number of aliphatic hydroxyl groups excluding tert-OH is 1. The number of aliphatic hydroxyl groups is 1. The first-order chi connectivity index (χ1) is 9.85. The standard InChI is InChI=1S/C16H16N2O3/c1-9-4-11(5-12(7-17)10(9)2)14-6-13(16(20)21)15(19)8-18(14)3/h4-6,8,14,19H,1-3H3,(H,20,21). The quantitative estimate of drug-likeness (QED) is 0.872. The highest BCUT2D eigenvalue weighted by Gasteiger charge is 2.25. The Bertz CT molecular complexity index is 711. The van der Waals surface area contributed by atoms with Gasteiger partial charge in [-0.05, 0) is 42.7 Å². The van der Waals surface area contributed by atoms with Gasteiger partial charge in [0.1, 0.15) is 11.3 Å². The van der Waals surface area contributed by atoms with E-state index in [0.717, 1.165) is 16.7 Å². The number of hydrogen-bond donors (Lipinski definition) is 2. The van der Waals surface area contributed by atoms with Gasteiger partial charge in [0.25, 0.3) is 0 Å². The third kappa shape index (κ3) is 2.61. The Kier molecular flexibility index (Phi) is 3.72. The van der Waals surface area contributed by atoms with Crippen LogP contribution in [0.4, 0.5) is 0 Å². The molecule has 1 aliphatic rings. The molecule has 0 fully saturated rings. The number of carboxylic acid groups (broad SMARTS) is 1. The summed E-state index contributed by atoms with van der Waals surface area (Å²) >= 11 is 0. The van der Waals surface area contributed by atoms with Crippen molar-refractivity contribution < 1.29 is 15.0 Å². The number of aryl methyl sites for hydroxylation is 1. The Labute approximate surface area is 123 Å². The van der Waals surface area contributed by atoms with E-state index >= 15 is 0 Å². The van der Waals surface area contributed by atoms with Crippen LogP contribution in [0.25, 0.3) is 0 Å². The molecule has 5 nitrogen and oxygen atoms in total. The topological polar surface area (TPSA) is 84.6 Å². The van der Waals surface area contributed by atoms with E-state index < -0.39 is 5.97 Å². The molecule has 0 bridgehead atoms. The SMILES string of the molecule is Cc1cc(C2C=C(C(=O)O)C(O)=CN2C)cc(C#N)c1C. The molecule has 0 spiro atoms. The summed E-state index contributed by atoms with van der Waals surface area (Å²) in [5, 5.41) is 28.0. The van der Waals surface area contributed by atoms with Crippen LogP contribution in [-0.4, -0.2) is 28.1 Å². The van der Waals surface area contributed by atoms with Crippen LogP contribution in [0.1, 0.15) is 28.3 Å². The maximum absolute atomic E-state index is 11.2. The summed E-state index contributed by atoms with van der Waals surface area (Å²) in [6, 6.07) is 5.51. The Balaban J connectivity index is 2.54. The van der Waals surface area contributed by atoms with Gasteiger partial charge in [-0.1, -0.05) is 6.07 Å². The van der Waals surface area contributed by atoms with E-state index in [1.165, 1.54) is 12.3 Å². The minimum atomic E-state index is -1.17. The van der Waals surface area contributed by atoms with Gasteiger partial charge in [0, 0.05) is 13.2 Å². The normalized spacial score (nSPS) is 17.8. The molecule has 0 saturated heterocycles. The molecule has 2 rings (SSSR count). The molecular formula is C16H16N2O3. The number of nitriles is 1. The number of rotatable bonds is 2. The van der Waals surface area contributed by atoms with Crippen LogP contribution in [-0.2, 0) is 4.79 Å². The second kappa shape index (κ2) is 5.33. The van der Waals surface area contributed by atoms with Gasteiger partial charge in [-0.3, -0.25) is 0 Å². The molecule has 0 aliphatic carbocycles. The number of likely N-dealkylation sites (N-methyl/N-ethyl adjacent to an activating group) is 1. The molecule has 5 heteroatoms. The Morgan fingerprint density at radius 2 is 2.05 bits per heavy atom. The van der Waals surface area contributed by atoms with Crippen molar-refractivity contribution in [2.45, 2.75) is 19.9 Å². The highest BCUT2D eigenvalue weighted by atomic mass is 16.4. The molecule has 21 heavy (non-hydrogen) atoms. The van der Waals surface area contributed by atoms with E-state index in [1.54, 1.807) is 18.0 Å². The molecule has 0 radical (unpaired) electrons. The number of carboxylic acids is 1. The summed E-state index contributed by atoms with van der Waals surface area (Å²) in [6.07, 6.45) is 2.87. The van der Waals surface area contributed by atoms with Gasteiger partial charge in [0.05, 0.1) is 17.7 Å². The van der Waals surface area contributed by atoms with Gasteiger partial charge in [-0.15, -0.1) is 0 Å². The smallest absolute Gasteiger partial charge is 0.339 e. The van der Waals surface area contributed by atoms with Crippen LogP contribution < -0.4 is 0 Å². The largest absolute Gasteiger partial charge is 0.506 e. The van der Waals surface area contributed by atoms with Gasteiger partial charge >= 0.3 is 5.97 Å². The number of hydrogen-bond acceptors (Lipinski definition) is 4. The predicted molar refractivity (Wildman–Crippen MR) is 77.6 cm³/mol. The first kappa shape index (κ1) is 14.7. The van der Waals surface area contributed by atoms with Crippen LogP contribution in [0.2, 0.25) is 0 Å². The van der Waals surface area contributed by atoms with Gasteiger partial charge in [0.2, 0.25) is 0 Å². The molecule has 108 valence electrons. The summed E-state index contributed by atoms with van der Waals surface area (Å²) in [4.78, 5) is 12.9. The maximum Gasteiger partial charge on any atom is 0.339 e. The van der Waals surface area contributed by atoms with Crippen molar-refractivity contribution in [3.8, 4) is 6.07 Å². The number of carbonyl (C=O) groups is 1. The Morgan fingerprint density at radius 3 is 2.62 bits per heavy atom.